The van der Waals surface area contributed by atoms with E-state index in [4.69, 9.17) is 4.74 Å². The number of amides is 1. The summed E-state index contributed by atoms with van der Waals surface area (Å²) in [6.07, 6.45) is 1.02. The molecule has 116 valence electrons. The fraction of sp³-hybridized carbons (Fsp3) is 0.500. The van der Waals surface area contributed by atoms with Crippen LogP contribution in [0.2, 0.25) is 0 Å². The number of carboxylic acids is 1. The maximum absolute atomic E-state index is 11.5. The van der Waals surface area contributed by atoms with E-state index >= 15 is 0 Å². The average molecular weight is 292 g/mol. The van der Waals surface area contributed by atoms with E-state index in [-0.39, 0.29) is 12.0 Å². The van der Waals surface area contributed by atoms with Gasteiger partial charge in [0.25, 0.3) is 5.91 Å². The van der Waals surface area contributed by atoms with Crippen LogP contribution in [0.1, 0.15) is 39.7 Å². The van der Waals surface area contributed by atoms with Crippen molar-refractivity contribution in [2.75, 3.05) is 6.61 Å². The van der Waals surface area contributed by atoms with Crippen LogP contribution in [0.4, 0.5) is 0 Å². The molecule has 0 heterocycles. The molecule has 1 aromatic rings. The van der Waals surface area contributed by atoms with Crippen LogP contribution in [0.5, 0.6) is 5.75 Å². The van der Waals surface area contributed by atoms with Gasteiger partial charge in [0.15, 0.2) is 6.61 Å². The molecule has 5 heteroatoms. The maximum Gasteiger partial charge on any atom is 0.258 e. The molecule has 0 bridgehead atoms. The standard InChI is InChI=1S/C16H23NO4/c1-5-16(3,4)12-6-8-13(9-7-12)21-10-14(18)17-11(2)15(19)20/h6-9,11H,5,10H2,1-4H3,(H,17,18)(H,19,20)/p-1/t11-/m0/s1. The first-order valence-corrected chi connectivity index (χ1v) is 7.00. The number of hydrogen-bond acceptors (Lipinski definition) is 4. The molecule has 1 rings (SSSR count). The van der Waals surface area contributed by atoms with Crippen molar-refractivity contribution in [3.63, 3.8) is 0 Å². The van der Waals surface area contributed by atoms with E-state index in [1.165, 1.54) is 12.5 Å². The van der Waals surface area contributed by atoms with E-state index in [9.17, 15) is 14.7 Å². The largest absolute Gasteiger partial charge is 0.548 e. The Morgan fingerprint density at radius 1 is 1.29 bits per heavy atom. The van der Waals surface area contributed by atoms with Gasteiger partial charge in [-0.25, -0.2) is 0 Å². The number of carboxylic acid groups (broad SMARTS) is 1. The van der Waals surface area contributed by atoms with Gasteiger partial charge >= 0.3 is 0 Å². The van der Waals surface area contributed by atoms with Crippen LogP contribution in [0.15, 0.2) is 24.3 Å². The summed E-state index contributed by atoms with van der Waals surface area (Å²) in [6, 6.07) is 6.53. The van der Waals surface area contributed by atoms with Crippen molar-refractivity contribution in [2.24, 2.45) is 0 Å². The van der Waals surface area contributed by atoms with Crippen LogP contribution in [0, 0.1) is 0 Å². The average Bonchev–Trinajstić information content (AvgIpc) is 2.45. The molecule has 0 aromatic heterocycles. The molecule has 21 heavy (non-hydrogen) atoms. The molecule has 1 aromatic carbocycles. The summed E-state index contributed by atoms with van der Waals surface area (Å²) in [5, 5.41) is 12.8. The number of rotatable bonds is 7. The lowest BCUT2D eigenvalue weighted by molar-refractivity contribution is -0.307. The summed E-state index contributed by atoms with van der Waals surface area (Å²) < 4.78 is 5.32. The van der Waals surface area contributed by atoms with Gasteiger partial charge in [0.2, 0.25) is 0 Å². The highest BCUT2D eigenvalue weighted by Gasteiger charge is 2.17. The summed E-state index contributed by atoms with van der Waals surface area (Å²) in [5.74, 6) is -1.25. The smallest absolute Gasteiger partial charge is 0.258 e. The second-order valence-corrected chi connectivity index (χ2v) is 5.66. The fourth-order valence-electron chi connectivity index (χ4n) is 1.70. The van der Waals surface area contributed by atoms with Gasteiger partial charge in [-0.1, -0.05) is 32.9 Å². The second kappa shape index (κ2) is 7.11. The van der Waals surface area contributed by atoms with Crippen LogP contribution in [0.3, 0.4) is 0 Å². The molecule has 5 nitrogen and oxygen atoms in total. The molecule has 0 unspecified atom stereocenters. The lowest BCUT2D eigenvalue weighted by Crippen LogP contribution is -2.47. The Balaban J connectivity index is 2.53. The van der Waals surface area contributed by atoms with E-state index < -0.39 is 17.9 Å². The molecular weight excluding hydrogens is 270 g/mol. The Morgan fingerprint density at radius 3 is 2.33 bits per heavy atom. The zero-order valence-electron chi connectivity index (χ0n) is 12.9. The molecule has 0 aliphatic rings. The number of hydrogen-bond donors (Lipinski definition) is 1. The van der Waals surface area contributed by atoms with Crippen LogP contribution >= 0.6 is 0 Å². The quantitative estimate of drug-likeness (QED) is 0.813. The van der Waals surface area contributed by atoms with E-state index in [1.54, 1.807) is 0 Å². The summed E-state index contributed by atoms with van der Waals surface area (Å²) in [5.41, 5.74) is 1.30. The third kappa shape index (κ3) is 5.10. The molecule has 0 aliphatic heterocycles. The minimum Gasteiger partial charge on any atom is -0.548 e. The van der Waals surface area contributed by atoms with E-state index in [0.717, 1.165) is 6.42 Å². The monoisotopic (exact) mass is 292 g/mol. The highest BCUT2D eigenvalue weighted by molar-refractivity contribution is 5.83. The number of ether oxygens (including phenoxy) is 1. The topological polar surface area (TPSA) is 78.5 Å². The predicted molar refractivity (Wildman–Crippen MR) is 77.9 cm³/mol. The van der Waals surface area contributed by atoms with Crippen molar-refractivity contribution < 1.29 is 19.4 Å². The van der Waals surface area contributed by atoms with Gasteiger partial charge in [-0.3, -0.25) is 4.79 Å². The molecule has 0 spiro atoms. The van der Waals surface area contributed by atoms with Crippen molar-refractivity contribution in [2.45, 2.75) is 45.6 Å². The lowest BCUT2D eigenvalue weighted by Gasteiger charge is -2.23. The zero-order valence-corrected chi connectivity index (χ0v) is 12.9. The first-order chi connectivity index (χ1) is 9.76. The molecule has 1 amide bonds. The van der Waals surface area contributed by atoms with Gasteiger partial charge in [0.1, 0.15) is 5.75 Å². The van der Waals surface area contributed by atoms with Crippen LogP contribution < -0.4 is 15.2 Å². The zero-order chi connectivity index (χ0) is 16.0. The number of aliphatic carboxylic acids is 1. The number of benzene rings is 1. The van der Waals surface area contributed by atoms with Crippen molar-refractivity contribution in [3.05, 3.63) is 29.8 Å². The number of carbonyl (C=O) groups excluding carboxylic acids is 2. The van der Waals surface area contributed by atoms with Gasteiger partial charge in [0, 0.05) is 0 Å². The Kier molecular flexibility index (Phi) is 5.76. The minimum atomic E-state index is -1.32. The van der Waals surface area contributed by atoms with E-state index in [0.29, 0.717) is 5.75 Å². The van der Waals surface area contributed by atoms with Crippen LogP contribution in [-0.2, 0) is 15.0 Å². The van der Waals surface area contributed by atoms with Gasteiger partial charge in [0.05, 0.1) is 12.0 Å². The Morgan fingerprint density at radius 2 is 1.86 bits per heavy atom. The highest BCUT2D eigenvalue weighted by Crippen LogP contribution is 2.27. The van der Waals surface area contributed by atoms with Gasteiger partial charge in [-0.05, 0) is 36.5 Å². The van der Waals surface area contributed by atoms with Crippen LogP contribution in [-0.4, -0.2) is 24.5 Å². The van der Waals surface area contributed by atoms with Crippen molar-refractivity contribution in [3.8, 4) is 5.75 Å². The van der Waals surface area contributed by atoms with Crippen molar-refractivity contribution >= 4 is 11.9 Å². The van der Waals surface area contributed by atoms with Gasteiger partial charge < -0.3 is 20.0 Å². The Labute approximate surface area is 125 Å². The highest BCUT2D eigenvalue weighted by atomic mass is 16.5. The third-order valence-electron chi connectivity index (χ3n) is 3.62. The predicted octanol–water partition coefficient (Wildman–Crippen LogP) is 1.01. The molecule has 1 atom stereocenters. The van der Waals surface area contributed by atoms with Gasteiger partial charge in [-0.15, -0.1) is 0 Å². The van der Waals surface area contributed by atoms with E-state index in [1.807, 2.05) is 24.3 Å². The van der Waals surface area contributed by atoms with Crippen molar-refractivity contribution in [1.82, 2.24) is 5.32 Å². The molecule has 1 N–H and O–H groups in total. The third-order valence-corrected chi connectivity index (χ3v) is 3.62. The van der Waals surface area contributed by atoms with Crippen molar-refractivity contribution in [1.29, 1.82) is 0 Å². The second-order valence-electron chi connectivity index (χ2n) is 5.66. The summed E-state index contributed by atoms with van der Waals surface area (Å²) in [7, 11) is 0. The molecule has 0 fully saturated rings. The first kappa shape index (κ1) is 17.0. The molecule has 0 saturated carbocycles. The molecule has 0 saturated heterocycles. The maximum atomic E-state index is 11.5. The lowest BCUT2D eigenvalue weighted by atomic mass is 9.82. The SMILES string of the molecule is CCC(C)(C)c1ccc(OCC(=O)N[C@@H](C)C(=O)[O-])cc1. The van der Waals surface area contributed by atoms with Crippen LogP contribution in [0.25, 0.3) is 0 Å². The van der Waals surface area contributed by atoms with Gasteiger partial charge in [-0.2, -0.15) is 0 Å². The molecular formula is C16H22NO4-. The minimum absolute atomic E-state index is 0.0970. The molecule has 0 aliphatic carbocycles. The summed E-state index contributed by atoms with van der Waals surface area (Å²) in [6.45, 7) is 7.57. The number of nitrogens with one attached hydrogen (secondary N) is 1. The number of carbonyl (C=O) groups is 2. The fourth-order valence-corrected chi connectivity index (χ4v) is 1.70. The Bertz CT molecular complexity index is 494. The summed E-state index contributed by atoms with van der Waals surface area (Å²) in [4.78, 5) is 22.0. The first-order valence-electron chi connectivity index (χ1n) is 7.00. The summed E-state index contributed by atoms with van der Waals surface area (Å²) >= 11 is 0. The Hall–Kier alpha value is -2.04. The normalized spacial score (nSPS) is 12.6. The van der Waals surface area contributed by atoms with E-state index in [2.05, 4.69) is 26.1 Å². The molecule has 0 radical (unpaired) electrons.